The lowest BCUT2D eigenvalue weighted by molar-refractivity contribution is -0.114. The number of carbonyl (C=O) groups is 1. The summed E-state index contributed by atoms with van der Waals surface area (Å²) in [5.41, 5.74) is 5.46. The molecule has 0 unspecified atom stereocenters. The van der Waals surface area contributed by atoms with Crippen molar-refractivity contribution in [1.29, 1.82) is 0 Å². The van der Waals surface area contributed by atoms with E-state index in [9.17, 15) is 9.90 Å². The minimum Gasteiger partial charge on any atom is -0.506 e. The number of phenols is 1. The number of phenolic OH excluding ortho intramolecular Hbond substituents is 1. The number of carbonyl (C=O) groups excluding carboxylic acids is 1. The molecule has 0 spiro atoms. The van der Waals surface area contributed by atoms with E-state index in [-0.39, 0.29) is 18.2 Å². The second kappa shape index (κ2) is 3.73. The highest BCUT2D eigenvalue weighted by molar-refractivity contribution is 5.93. The van der Waals surface area contributed by atoms with Crippen LogP contribution < -0.4 is 11.1 Å². The smallest absolute Gasteiger partial charge is 0.238 e. The average Bonchev–Trinajstić information content (AvgIpc) is 2.09. The number of benzene rings is 1. The van der Waals surface area contributed by atoms with E-state index in [1.807, 2.05) is 0 Å². The summed E-state index contributed by atoms with van der Waals surface area (Å²) in [6.07, 6.45) is 0. The summed E-state index contributed by atoms with van der Waals surface area (Å²) in [7, 11) is 0. The number of amides is 1. The molecule has 0 aliphatic heterocycles. The molecule has 0 bridgehead atoms. The summed E-state index contributed by atoms with van der Waals surface area (Å²) in [4.78, 5) is 10.8. The van der Waals surface area contributed by atoms with Gasteiger partial charge in [0.2, 0.25) is 5.91 Å². The van der Waals surface area contributed by atoms with Gasteiger partial charge in [0.25, 0.3) is 0 Å². The van der Waals surface area contributed by atoms with E-state index in [0.717, 1.165) is 0 Å². The zero-order chi connectivity index (χ0) is 8.97. The number of aromatic hydroxyl groups is 1. The van der Waals surface area contributed by atoms with Crippen molar-refractivity contribution in [3.63, 3.8) is 0 Å². The van der Waals surface area contributed by atoms with Gasteiger partial charge in [0.15, 0.2) is 0 Å². The van der Waals surface area contributed by atoms with Crippen molar-refractivity contribution >= 4 is 11.6 Å². The molecule has 0 heterocycles. The maximum atomic E-state index is 10.8. The number of para-hydroxylation sites is 2. The Kier molecular flexibility index (Phi) is 2.66. The molecule has 0 aliphatic carbocycles. The fourth-order valence-corrected chi connectivity index (χ4v) is 0.781. The topological polar surface area (TPSA) is 75.4 Å². The van der Waals surface area contributed by atoms with Crippen molar-refractivity contribution in [3.05, 3.63) is 24.3 Å². The van der Waals surface area contributed by atoms with E-state index in [4.69, 9.17) is 5.73 Å². The van der Waals surface area contributed by atoms with Gasteiger partial charge in [0.05, 0.1) is 12.2 Å². The highest BCUT2D eigenvalue weighted by atomic mass is 16.3. The molecule has 0 fully saturated rings. The van der Waals surface area contributed by atoms with Crippen LogP contribution >= 0.6 is 0 Å². The van der Waals surface area contributed by atoms with E-state index in [0.29, 0.717) is 5.69 Å². The molecule has 4 N–H and O–H groups in total. The Morgan fingerprint density at radius 3 is 2.75 bits per heavy atom. The molecular weight excluding hydrogens is 156 g/mol. The van der Waals surface area contributed by atoms with Gasteiger partial charge in [-0.1, -0.05) is 12.1 Å². The van der Waals surface area contributed by atoms with Crippen LogP contribution in [0.2, 0.25) is 0 Å². The first kappa shape index (κ1) is 8.55. The van der Waals surface area contributed by atoms with Crippen molar-refractivity contribution in [2.45, 2.75) is 0 Å². The minimum atomic E-state index is -0.323. The van der Waals surface area contributed by atoms with E-state index in [1.165, 1.54) is 6.07 Å². The minimum absolute atomic E-state index is 0.0410. The largest absolute Gasteiger partial charge is 0.506 e. The molecule has 1 aromatic rings. The van der Waals surface area contributed by atoms with Gasteiger partial charge in [-0.3, -0.25) is 4.79 Å². The van der Waals surface area contributed by atoms with Gasteiger partial charge in [-0.05, 0) is 12.1 Å². The Balaban J connectivity index is 2.75. The Hall–Kier alpha value is -1.55. The molecule has 0 aromatic heterocycles. The van der Waals surface area contributed by atoms with Gasteiger partial charge >= 0.3 is 0 Å². The number of anilines is 1. The van der Waals surface area contributed by atoms with Crippen LogP contribution in [0.1, 0.15) is 0 Å². The second-order valence-electron chi connectivity index (χ2n) is 2.27. The fraction of sp³-hybridized carbons (Fsp3) is 0.125. The predicted octanol–water partition coefficient (Wildman–Crippen LogP) is 0.289. The van der Waals surface area contributed by atoms with Crippen LogP contribution in [0.5, 0.6) is 5.75 Å². The Morgan fingerprint density at radius 1 is 1.50 bits per heavy atom. The third kappa shape index (κ3) is 1.96. The lowest BCUT2D eigenvalue weighted by atomic mass is 10.3. The molecule has 0 radical (unpaired) electrons. The molecule has 0 aliphatic rings. The van der Waals surface area contributed by atoms with Crippen LogP contribution in [0, 0.1) is 0 Å². The highest BCUT2D eigenvalue weighted by Crippen LogP contribution is 2.20. The van der Waals surface area contributed by atoms with Crippen LogP contribution in [0.25, 0.3) is 0 Å². The van der Waals surface area contributed by atoms with Gasteiger partial charge in [0, 0.05) is 0 Å². The molecule has 1 aromatic carbocycles. The van der Waals surface area contributed by atoms with E-state index < -0.39 is 0 Å². The molecule has 1 rings (SSSR count). The van der Waals surface area contributed by atoms with E-state index in [1.54, 1.807) is 18.2 Å². The predicted molar refractivity (Wildman–Crippen MR) is 45.8 cm³/mol. The maximum Gasteiger partial charge on any atom is 0.238 e. The van der Waals surface area contributed by atoms with Crippen LogP contribution in [-0.2, 0) is 4.79 Å². The van der Waals surface area contributed by atoms with Crippen molar-refractivity contribution < 1.29 is 9.90 Å². The molecule has 1 amide bonds. The summed E-state index contributed by atoms with van der Waals surface area (Å²) in [5.74, 6) is -0.282. The third-order valence-corrected chi connectivity index (χ3v) is 1.36. The average molecular weight is 166 g/mol. The number of rotatable bonds is 2. The van der Waals surface area contributed by atoms with Crippen LogP contribution in [0.4, 0.5) is 5.69 Å². The molecule has 4 nitrogen and oxygen atoms in total. The highest BCUT2D eigenvalue weighted by Gasteiger charge is 2.01. The van der Waals surface area contributed by atoms with Crippen LogP contribution in [0.15, 0.2) is 24.3 Å². The molecule has 0 atom stereocenters. The summed E-state index contributed by atoms with van der Waals surface area (Å²) >= 11 is 0. The number of nitrogens with one attached hydrogen (secondary N) is 1. The molecule has 12 heavy (non-hydrogen) atoms. The Morgan fingerprint density at radius 2 is 2.17 bits per heavy atom. The zero-order valence-corrected chi connectivity index (χ0v) is 6.45. The summed E-state index contributed by atoms with van der Waals surface area (Å²) in [5, 5.41) is 11.6. The quantitative estimate of drug-likeness (QED) is 0.553. The van der Waals surface area contributed by atoms with Gasteiger partial charge in [-0.2, -0.15) is 0 Å². The second-order valence-corrected chi connectivity index (χ2v) is 2.27. The molecule has 0 saturated heterocycles. The first-order chi connectivity index (χ1) is 5.74. The third-order valence-electron chi connectivity index (χ3n) is 1.36. The van der Waals surface area contributed by atoms with Gasteiger partial charge in [0.1, 0.15) is 5.75 Å². The Labute approximate surface area is 70.0 Å². The first-order valence-corrected chi connectivity index (χ1v) is 3.52. The SMILES string of the molecule is NCC(=O)Nc1ccccc1O. The monoisotopic (exact) mass is 166 g/mol. The Bertz CT molecular complexity index is 286. The maximum absolute atomic E-state index is 10.8. The summed E-state index contributed by atoms with van der Waals surface area (Å²) in [6.45, 7) is -0.0890. The van der Waals surface area contributed by atoms with Crippen molar-refractivity contribution in [3.8, 4) is 5.75 Å². The van der Waals surface area contributed by atoms with Crippen molar-refractivity contribution in [2.75, 3.05) is 11.9 Å². The normalized spacial score (nSPS) is 9.42. The fourth-order valence-electron chi connectivity index (χ4n) is 0.781. The molecule has 4 heteroatoms. The lowest BCUT2D eigenvalue weighted by Crippen LogP contribution is -2.21. The number of hydrogen-bond acceptors (Lipinski definition) is 3. The van der Waals surface area contributed by atoms with Crippen molar-refractivity contribution in [2.24, 2.45) is 5.73 Å². The first-order valence-electron chi connectivity index (χ1n) is 3.52. The zero-order valence-electron chi connectivity index (χ0n) is 6.45. The molecule has 0 saturated carbocycles. The summed E-state index contributed by atoms with van der Waals surface area (Å²) in [6, 6.07) is 6.48. The van der Waals surface area contributed by atoms with Gasteiger partial charge in [-0.25, -0.2) is 0 Å². The standard InChI is InChI=1S/C8H10N2O2/c9-5-8(12)10-6-3-1-2-4-7(6)11/h1-4,11H,5,9H2,(H,10,12). The van der Waals surface area contributed by atoms with Crippen LogP contribution in [-0.4, -0.2) is 17.6 Å². The molecule has 64 valence electrons. The lowest BCUT2D eigenvalue weighted by Gasteiger charge is -2.04. The number of nitrogens with two attached hydrogens (primary N) is 1. The summed E-state index contributed by atoms with van der Waals surface area (Å²) < 4.78 is 0. The van der Waals surface area contributed by atoms with Crippen LogP contribution in [0.3, 0.4) is 0 Å². The van der Waals surface area contributed by atoms with Crippen molar-refractivity contribution in [1.82, 2.24) is 0 Å². The van der Waals surface area contributed by atoms with Gasteiger partial charge < -0.3 is 16.2 Å². The van der Waals surface area contributed by atoms with Gasteiger partial charge in [-0.15, -0.1) is 0 Å². The van der Waals surface area contributed by atoms with E-state index >= 15 is 0 Å². The van der Waals surface area contributed by atoms with E-state index in [2.05, 4.69) is 5.32 Å². The molecular formula is C8H10N2O2. The number of hydrogen-bond donors (Lipinski definition) is 3.